The minimum Gasteiger partial charge on any atom is -0.496 e. The third-order valence-electron chi connectivity index (χ3n) is 3.84. The van der Waals surface area contributed by atoms with Crippen LogP contribution in [0.4, 0.5) is 0 Å². The Balaban J connectivity index is 1.92. The third-order valence-corrected chi connectivity index (χ3v) is 3.84. The molecule has 0 bridgehead atoms. The fraction of sp³-hybridized carbons (Fsp3) is 0.300. The zero-order valence-corrected chi connectivity index (χ0v) is 14.5. The van der Waals surface area contributed by atoms with Crippen molar-refractivity contribution in [2.75, 3.05) is 20.7 Å². The highest BCUT2D eigenvalue weighted by Gasteiger charge is 2.08. The van der Waals surface area contributed by atoms with Crippen molar-refractivity contribution in [3.8, 4) is 5.75 Å². The number of aromatic nitrogens is 1. The summed E-state index contributed by atoms with van der Waals surface area (Å²) in [5.74, 6) is 0.861. The number of ether oxygens (including phenoxy) is 1. The smallest absolute Gasteiger partial charge is 0.246 e. The first-order chi connectivity index (χ1) is 11.6. The molecule has 2 aromatic rings. The number of allylic oxidation sites excluding steroid dienone is 1. The lowest BCUT2D eigenvalue weighted by molar-refractivity contribution is -0.124. The number of amides is 1. The second kappa shape index (κ2) is 8.87. The number of hydrogen-bond acceptors (Lipinski definition) is 3. The van der Waals surface area contributed by atoms with E-state index >= 15 is 0 Å². The Morgan fingerprint density at radius 1 is 1.21 bits per heavy atom. The molecule has 1 aromatic heterocycles. The van der Waals surface area contributed by atoms with Gasteiger partial charge < -0.3 is 9.64 Å². The summed E-state index contributed by atoms with van der Waals surface area (Å²) in [5, 5.41) is 0. The summed E-state index contributed by atoms with van der Waals surface area (Å²) in [6.45, 7) is 2.62. The van der Waals surface area contributed by atoms with Crippen molar-refractivity contribution in [3.63, 3.8) is 0 Å². The van der Waals surface area contributed by atoms with E-state index in [9.17, 15) is 4.79 Å². The first-order valence-electron chi connectivity index (χ1n) is 8.04. The number of methoxy groups -OCH3 is 1. The van der Waals surface area contributed by atoms with Crippen molar-refractivity contribution < 1.29 is 9.53 Å². The molecule has 0 aliphatic rings. The van der Waals surface area contributed by atoms with Crippen molar-refractivity contribution in [2.24, 2.45) is 0 Å². The summed E-state index contributed by atoms with van der Waals surface area (Å²) < 4.78 is 5.36. The van der Waals surface area contributed by atoms with E-state index in [1.165, 1.54) is 0 Å². The average molecular weight is 324 g/mol. The number of likely N-dealkylation sites (N-methyl/N-ethyl adjacent to an activating group) is 1. The number of hydrogen-bond donors (Lipinski definition) is 0. The molecule has 1 amide bonds. The van der Waals surface area contributed by atoms with Gasteiger partial charge in [-0.1, -0.05) is 29.8 Å². The maximum atomic E-state index is 12.3. The molecule has 0 radical (unpaired) electrons. The van der Waals surface area contributed by atoms with Crippen LogP contribution in [0.1, 0.15) is 18.2 Å². The lowest BCUT2D eigenvalue weighted by Crippen LogP contribution is -2.27. The van der Waals surface area contributed by atoms with Crippen molar-refractivity contribution >= 4 is 5.91 Å². The lowest BCUT2D eigenvalue weighted by atomic mass is 10.0. The Bertz CT molecular complexity index is 696. The molecule has 24 heavy (non-hydrogen) atoms. The molecular weight excluding hydrogens is 300 g/mol. The fourth-order valence-corrected chi connectivity index (χ4v) is 2.46. The quantitative estimate of drug-likeness (QED) is 0.734. The number of benzene rings is 1. The third kappa shape index (κ3) is 5.23. The van der Waals surface area contributed by atoms with Gasteiger partial charge >= 0.3 is 0 Å². The minimum absolute atomic E-state index is 0.0123. The molecule has 0 atom stereocenters. The zero-order valence-electron chi connectivity index (χ0n) is 14.5. The Morgan fingerprint density at radius 2 is 1.96 bits per heavy atom. The van der Waals surface area contributed by atoms with Gasteiger partial charge in [-0.2, -0.15) is 0 Å². The molecule has 0 saturated heterocycles. The van der Waals surface area contributed by atoms with Crippen LogP contribution in [0, 0.1) is 0 Å². The van der Waals surface area contributed by atoms with Gasteiger partial charge in [0.2, 0.25) is 5.91 Å². The molecule has 4 heteroatoms. The van der Waals surface area contributed by atoms with E-state index in [0.717, 1.165) is 29.0 Å². The Hall–Kier alpha value is -2.62. The maximum absolute atomic E-state index is 12.3. The molecule has 2 rings (SSSR count). The Labute approximate surface area is 143 Å². The summed E-state index contributed by atoms with van der Waals surface area (Å²) in [7, 11) is 3.48. The molecule has 1 heterocycles. The van der Waals surface area contributed by atoms with Gasteiger partial charge in [0.15, 0.2) is 0 Å². The summed E-state index contributed by atoms with van der Waals surface area (Å²) in [4.78, 5) is 18.3. The Kier molecular flexibility index (Phi) is 6.55. The van der Waals surface area contributed by atoms with Crippen LogP contribution in [0.15, 0.2) is 60.3 Å². The number of pyridine rings is 1. The van der Waals surface area contributed by atoms with E-state index in [-0.39, 0.29) is 5.91 Å². The second-order valence-corrected chi connectivity index (χ2v) is 5.81. The predicted molar refractivity (Wildman–Crippen MR) is 96.0 cm³/mol. The molecule has 126 valence electrons. The van der Waals surface area contributed by atoms with Crippen molar-refractivity contribution in [1.82, 2.24) is 9.88 Å². The van der Waals surface area contributed by atoms with Gasteiger partial charge in [-0.15, -0.1) is 0 Å². The molecule has 1 aromatic carbocycles. The topological polar surface area (TPSA) is 42.4 Å². The second-order valence-electron chi connectivity index (χ2n) is 5.81. The largest absolute Gasteiger partial charge is 0.496 e. The van der Waals surface area contributed by atoms with Gasteiger partial charge in [0.1, 0.15) is 5.75 Å². The first-order valence-corrected chi connectivity index (χ1v) is 8.04. The normalized spacial score (nSPS) is 11.2. The van der Waals surface area contributed by atoms with E-state index in [0.29, 0.717) is 13.0 Å². The average Bonchev–Trinajstić information content (AvgIpc) is 2.60. The predicted octanol–water partition coefficient (Wildman–Crippen LogP) is 3.28. The minimum atomic E-state index is 0.0123. The summed E-state index contributed by atoms with van der Waals surface area (Å²) in [6.07, 6.45) is 4.92. The van der Waals surface area contributed by atoms with Gasteiger partial charge in [0.25, 0.3) is 0 Å². The molecule has 0 spiro atoms. The van der Waals surface area contributed by atoms with E-state index in [1.54, 1.807) is 24.3 Å². The van der Waals surface area contributed by atoms with Crippen LogP contribution < -0.4 is 4.74 Å². The molecule has 0 saturated carbocycles. The van der Waals surface area contributed by atoms with Crippen LogP contribution >= 0.6 is 0 Å². The molecule has 0 unspecified atom stereocenters. The molecular formula is C20H24N2O2. The standard InChI is InChI=1S/C20H24N2O2/c1-16(14-17-8-4-5-10-19(17)24-3)15-20(23)22(2)13-11-18-9-6-7-12-21-18/h4-10,12,15H,11,13-14H2,1-3H3. The fourth-order valence-electron chi connectivity index (χ4n) is 2.46. The van der Waals surface area contributed by atoms with Crippen LogP contribution in [0.2, 0.25) is 0 Å². The highest BCUT2D eigenvalue weighted by molar-refractivity contribution is 5.88. The van der Waals surface area contributed by atoms with Gasteiger partial charge in [-0.3, -0.25) is 9.78 Å². The molecule has 4 nitrogen and oxygen atoms in total. The Morgan fingerprint density at radius 3 is 2.67 bits per heavy atom. The molecule has 0 aliphatic carbocycles. The SMILES string of the molecule is COc1ccccc1CC(C)=CC(=O)N(C)CCc1ccccn1. The van der Waals surface area contributed by atoms with Crippen LogP contribution in [-0.2, 0) is 17.6 Å². The molecule has 0 fully saturated rings. The van der Waals surface area contributed by atoms with Gasteiger partial charge in [0.05, 0.1) is 7.11 Å². The van der Waals surface area contributed by atoms with Crippen LogP contribution in [0.25, 0.3) is 0 Å². The van der Waals surface area contributed by atoms with E-state index < -0.39 is 0 Å². The first kappa shape index (κ1) is 17.7. The monoisotopic (exact) mass is 324 g/mol. The zero-order chi connectivity index (χ0) is 17.4. The van der Waals surface area contributed by atoms with Crippen LogP contribution in [0.3, 0.4) is 0 Å². The summed E-state index contributed by atoms with van der Waals surface area (Å²) in [6, 6.07) is 13.7. The van der Waals surface area contributed by atoms with Gasteiger partial charge in [-0.25, -0.2) is 0 Å². The number of rotatable bonds is 7. The van der Waals surface area contributed by atoms with E-state index in [2.05, 4.69) is 4.98 Å². The van der Waals surface area contributed by atoms with Crippen LogP contribution in [-0.4, -0.2) is 36.5 Å². The number of carbonyl (C=O) groups excluding carboxylic acids is 1. The van der Waals surface area contributed by atoms with Crippen LogP contribution in [0.5, 0.6) is 5.75 Å². The van der Waals surface area contributed by atoms with E-state index in [4.69, 9.17) is 4.74 Å². The van der Waals surface area contributed by atoms with E-state index in [1.807, 2.05) is 56.4 Å². The number of nitrogens with zero attached hydrogens (tertiary/aromatic N) is 2. The molecule has 0 aliphatic heterocycles. The highest BCUT2D eigenvalue weighted by Crippen LogP contribution is 2.20. The van der Waals surface area contributed by atoms with Crippen molar-refractivity contribution in [3.05, 3.63) is 71.6 Å². The summed E-state index contributed by atoms with van der Waals surface area (Å²) >= 11 is 0. The van der Waals surface area contributed by atoms with Gasteiger partial charge in [0, 0.05) is 38.0 Å². The maximum Gasteiger partial charge on any atom is 0.246 e. The lowest BCUT2D eigenvalue weighted by Gasteiger charge is -2.15. The highest BCUT2D eigenvalue weighted by atomic mass is 16.5. The van der Waals surface area contributed by atoms with Crippen molar-refractivity contribution in [1.29, 1.82) is 0 Å². The molecule has 0 N–H and O–H groups in total. The van der Waals surface area contributed by atoms with Crippen molar-refractivity contribution in [2.45, 2.75) is 19.8 Å². The number of carbonyl (C=O) groups is 1. The summed E-state index contributed by atoms with van der Waals surface area (Å²) in [5.41, 5.74) is 3.08. The number of para-hydroxylation sites is 1. The van der Waals surface area contributed by atoms with Gasteiger partial charge in [-0.05, 0) is 37.1 Å².